The van der Waals surface area contributed by atoms with E-state index in [0.29, 0.717) is 23.8 Å². The van der Waals surface area contributed by atoms with Gasteiger partial charge in [0.1, 0.15) is 5.15 Å². The summed E-state index contributed by atoms with van der Waals surface area (Å²) in [6, 6.07) is 19.2. The van der Waals surface area contributed by atoms with Gasteiger partial charge in [-0.2, -0.15) is 5.26 Å². The van der Waals surface area contributed by atoms with Crippen molar-refractivity contribution in [3.8, 4) is 6.07 Å². The summed E-state index contributed by atoms with van der Waals surface area (Å²) < 4.78 is 0. The van der Waals surface area contributed by atoms with E-state index in [4.69, 9.17) is 23.2 Å². The SMILES string of the molecule is N#Cc1cccc2c1C1(CCN(C/C=C/c3ccc(Cl)cc3)CC1)CN2C(=O)NCc1ccnc(Cl)c1. The number of hydrogen-bond acceptors (Lipinski definition) is 4. The third kappa shape index (κ3) is 5.50. The highest BCUT2D eigenvalue weighted by Crippen LogP contribution is 2.48. The summed E-state index contributed by atoms with van der Waals surface area (Å²) in [6.07, 6.45) is 7.69. The number of aromatic nitrogens is 1. The molecule has 0 atom stereocenters. The van der Waals surface area contributed by atoms with Gasteiger partial charge >= 0.3 is 6.03 Å². The molecule has 1 spiro atoms. The molecule has 1 fully saturated rings. The van der Waals surface area contributed by atoms with Gasteiger partial charge in [-0.25, -0.2) is 9.78 Å². The number of hydrogen-bond donors (Lipinski definition) is 1. The van der Waals surface area contributed by atoms with E-state index >= 15 is 0 Å². The zero-order valence-corrected chi connectivity index (χ0v) is 21.8. The van der Waals surface area contributed by atoms with Gasteiger partial charge in [0.2, 0.25) is 0 Å². The Hall–Kier alpha value is -3.37. The minimum atomic E-state index is -0.227. The third-order valence-corrected chi connectivity index (χ3v) is 7.74. The van der Waals surface area contributed by atoms with Gasteiger partial charge in [-0.3, -0.25) is 9.80 Å². The van der Waals surface area contributed by atoms with Crippen molar-refractivity contribution in [3.63, 3.8) is 0 Å². The number of pyridine rings is 1. The van der Waals surface area contributed by atoms with Crippen molar-refractivity contribution in [2.24, 2.45) is 0 Å². The fraction of sp³-hybridized carbons (Fsp3) is 0.276. The molecular weight excluding hydrogens is 505 g/mol. The van der Waals surface area contributed by atoms with Crippen molar-refractivity contribution in [3.05, 3.63) is 99.3 Å². The average Bonchev–Trinajstić information content (AvgIpc) is 3.24. The Bertz CT molecular complexity index is 1360. The molecule has 1 saturated heterocycles. The summed E-state index contributed by atoms with van der Waals surface area (Å²) >= 11 is 12.0. The van der Waals surface area contributed by atoms with E-state index in [0.717, 1.165) is 59.9 Å². The quantitative estimate of drug-likeness (QED) is 0.407. The molecule has 37 heavy (non-hydrogen) atoms. The highest BCUT2D eigenvalue weighted by Gasteiger charge is 2.47. The van der Waals surface area contributed by atoms with Crippen LogP contribution in [0.15, 0.2) is 66.9 Å². The number of piperidine rings is 1. The number of rotatable bonds is 5. The number of nitriles is 1. The van der Waals surface area contributed by atoms with Crippen molar-refractivity contribution in [1.82, 2.24) is 15.2 Å². The Morgan fingerprint density at radius 3 is 2.65 bits per heavy atom. The van der Waals surface area contributed by atoms with E-state index in [9.17, 15) is 10.1 Å². The van der Waals surface area contributed by atoms with Crippen LogP contribution < -0.4 is 10.2 Å². The van der Waals surface area contributed by atoms with Crippen LogP contribution >= 0.6 is 23.2 Å². The summed E-state index contributed by atoms with van der Waals surface area (Å²) in [6.45, 7) is 3.57. The number of halogens is 2. The molecule has 2 amide bonds. The van der Waals surface area contributed by atoms with Crippen LogP contribution in [0, 0.1) is 11.3 Å². The van der Waals surface area contributed by atoms with Crippen molar-refractivity contribution < 1.29 is 4.79 Å². The fourth-order valence-electron chi connectivity index (χ4n) is 5.37. The molecule has 5 rings (SSSR count). The van der Waals surface area contributed by atoms with Crippen molar-refractivity contribution >= 4 is 41.0 Å². The number of benzene rings is 2. The van der Waals surface area contributed by atoms with E-state index in [1.54, 1.807) is 17.2 Å². The number of amides is 2. The first-order valence-electron chi connectivity index (χ1n) is 12.3. The van der Waals surface area contributed by atoms with E-state index in [-0.39, 0.29) is 11.4 Å². The Morgan fingerprint density at radius 1 is 1.14 bits per heavy atom. The lowest BCUT2D eigenvalue weighted by Crippen LogP contribution is -2.47. The molecule has 0 unspecified atom stereocenters. The Kier molecular flexibility index (Phi) is 7.48. The predicted molar refractivity (Wildman–Crippen MR) is 148 cm³/mol. The Morgan fingerprint density at radius 2 is 1.92 bits per heavy atom. The van der Waals surface area contributed by atoms with Crippen LogP contribution in [-0.4, -0.2) is 42.1 Å². The summed E-state index contributed by atoms with van der Waals surface area (Å²) in [7, 11) is 0. The largest absolute Gasteiger partial charge is 0.334 e. The second-order valence-electron chi connectivity index (χ2n) is 9.58. The zero-order valence-electron chi connectivity index (χ0n) is 20.3. The third-order valence-electron chi connectivity index (χ3n) is 7.28. The lowest BCUT2D eigenvalue weighted by molar-refractivity contribution is 0.180. The lowest BCUT2D eigenvalue weighted by atomic mass is 9.72. The van der Waals surface area contributed by atoms with Crippen LogP contribution in [-0.2, 0) is 12.0 Å². The summed E-state index contributed by atoms with van der Waals surface area (Å²) in [5, 5.41) is 14.0. The van der Waals surface area contributed by atoms with Gasteiger partial charge < -0.3 is 5.32 Å². The standard InChI is InChI=1S/C29H27Cl2N5O/c30-24-8-6-21(7-9-24)3-2-14-35-15-11-29(12-16-35)20-36(25-5-1-4-23(18-32)27(25)29)28(37)34-19-22-10-13-33-26(31)17-22/h1-10,13,17H,11-12,14-16,19-20H2,(H,34,37)/b3-2+. The topological polar surface area (TPSA) is 72.3 Å². The minimum absolute atomic E-state index is 0.172. The molecule has 0 radical (unpaired) electrons. The van der Waals surface area contributed by atoms with E-state index < -0.39 is 0 Å². The van der Waals surface area contributed by atoms with Crippen LogP contribution in [0.5, 0.6) is 0 Å². The summed E-state index contributed by atoms with van der Waals surface area (Å²) in [5.41, 5.74) is 4.28. The minimum Gasteiger partial charge on any atom is -0.334 e. The molecule has 6 nitrogen and oxygen atoms in total. The maximum Gasteiger partial charge on any atom is 0.322 e. The van der Waals surface area contributed by atoms with Crippen LogP contribution in [0.4, 0.5) is 10.5 Å². The van der Waals surface area contributed by atoms with Crippen molar-refractivity contribution in [2.75, 3.05) is 31.1 Å². The lowest BCUT2D eigenvalue weighted by Gasteiger charge is -2.39. The normalized spacial score (nSPS) is 16.6. The van der Waals surface area contributed by atoms with E-state index in [2.05, 4.69) is 33.4 Å². The van der Waals surface area contributed by atoms with Gasteiger partial charge in [-0.1, -0.05) is 53.6 Å². The number of nitrogens with zero attached hydrogens (tertiary/aromatic N) is 4. The molecule has 188 valence electrons. The molecular formula is C29H27Cl2N5O. The number of fused-ring (bicyclic) bond motifs is 2. The molecule has 0 saturated carbocycles. The van der Waals surface area contributed by atoms with Crippen molar-refractivity contribution in [1.29, 1.82) is 5.26 Å². The number of carbonyl (C=O) groups excluding carboxylic acids is 1. The molecule has 2 aliphatic heterocycles. The molecule has 2 aliphatic rings. The number of carbonyl (C=O) groups is 1. The highest BCUT2D eigenvalue weighted by molar-refractivity contribution is 6.30. The van der Waals surface area contributed by atoms with Crippen LogP contribution in [0.1, 0.15) is 35.1 Å². The molecule has 8 heteroatoms. The van der Waals surface area contributed by atoms with Gasteiger partial charge in [-0.05, 0) is 73.5 Å². The first-order valence-corrected chi connectivity index (χ1v) is 13.1. The second kappa shape index (κ2) is 10.9. The predicted octanol–water partition coefficient (Wildman–Crippen LogP) is 6.04. The Balaban J connectivity index is 1.28. The smallest absolute Gasteiger partial charge is 0.322 e. The zero-order chi connectivity index (χ0) is 25.8. The number of nitrogens with one attached hydrogen (secondary N) is 1. The molecule has 0 bridgehead atoms. The molecule has 2 aromatic carbocycles. The summed E-state index contributed by atoms with van der Waals surface area (Å²) in [4.78, 5) is 21.5. The fourth-order valence-corrected chi connectivity index (χ4v) is 5.70. The maximum absolute atomic E-state index is 13.3. The van der Waals surface area contributed by atoms with Crippen molar-refractivity contribution in [2.45, 2.75) is 24.8 Å². The first kappa shape index (κ1) is 25.3. The van der Waals surface area contributed by atoms with E-state index in [1.807, 2.05) is 48.5 Å². The van der Waals surface area contributed by atoms with Gasteiger partial charge in [0.25, 0.3) is 0 Å². The summed E-state index contributed by atoms with van der Waals surface area (Å²) in [5.74, 6) is 0. The number of anilines is 1. The van der Waals surface area contributed by atoms with Gasteiger partial charge in [0.05, 0.1) is 17.3 Å². The van der Waals surface area contributed by atoms with E-state index in [1.165, 1.54) is 0 Å². The molecule has 3 heterocycles. The second-order valence-corrected chi connectivity index (χ2v) is 10.4. The van der Waals surface area contributed by atoms with Crippen LogP contribution in [0.25, 0.3) is 6.08 Å². The molecule has 1 aromatic heterocycles. The number of urea groups is 1. The molecule has 1 N–H and O–H groups in total. The Labute approximate surface area is 227 Å². The first-order chi connectivity index (χ1) is 18.0. The monoisotopic (exact) mass is 531 g/mol. The van der Waals surface area contributed by atoms with Crippen LogP contribution in [0.2, 0.25) is 10.2 Å². The van der Waals surface area contributed by atoms with Gasteiger partial charge in [0.15, 0.2) is 0 Å². The maximum atomic E-state index is 13.3. The molecule has 0 aliphatic carbocycles. The average molecular weight is 532 g/mol. The molecule has 3 aromatic rings. The van der Waals surface area contributed by atoms with Gasteiger partial charge in [-0.15, -0.1) is 0 Å². The van der Waals surface area contributed by atoms with Crippen LogP contribution in [0.3, 0.4) is 0 Å². The number of likely N-dealkylation sites (tertiary alicyclic amines) is 1. The highest BCUT2D eigenvalue weighted by atomic mass is 35.5. The van der Waals surface area contributed by atoms with Gasteiger partial charge in [0, 0.05) is 41.8 Å².